The molecule has 0 saturated carbocycles. The highest BCUT2D eigenvalue weighted by atomic mass is 17.0. The van der Waals surface area contributed by atoms with Crippen molar-refractivity contribution in [3.63, 3.8) is 0 Å². The summed E-state index contributed by atoms with van der Waals surface area (Å²) in [5.74, 6) is -2.22. The van der Waals surface area contributed by atoms with Crippen LogP contribution in [0, 0.1) is 5.41 Å². The molecule has 3 aliphatic rings. The van der Waals surface area contributed by atoms with Gasteiger partial charge in [0.2, 0.25) is 0 Å². The van der Waals surface area contributed by atoms with Gasteiger partial charge in [-0.15, -0.1) is 0 Å². The van der Waals surface area contributed by atoms with E-state index in [1.165, 1.54) is 13.8 Å². The first kappa shape index (κ1) is 26.0. The zero-order valence-corrected chi connectivity index (χ0v) is 20.8. The summed E-state index contributed by atoms with van der Waals surface area (Å²) in [7, 11) is 0. The normalized spacial score (nSPS) is 32.3. The Bertz CT molecular complexity index is 884. The van der Waals surface area contributed by atoms with Gasteiger partial charge in [0.25, 0.3) is 5.97 Å². The molecule has 7 atom stereocenters. The van der Waals surface area contributed by atoms with Crippen LogP contribution in [-0.4, -0.2) is 74.5 Å². The molecule has 1 aromatic carbocycles. The van der Waals surface area contributed by atoms with E-state index in [1.807, 2.05) is 51.1 Å². The van der Waals surface area contributed by atoms with E-state index < -0.39 is 60.1 Å². The second-order valence-corrected chi connectivity index (χ2v) is 9.96. The summed E-state index contributed by atoms with van der Waals surface area (Å²) in [5, 5.41) is 0. The number of rotatable bonds is 10. The number of ether oxygens (including phenoxy) is 8. The third kappa shape index (κ3) is 5.84. The van der Waals surface area contributed by atoms with E-state index in [0.717, 1.165) is 5.56 Å². The Kier molecular flexibility index (Phi) is 7.80. The minimum absolute atomic E-state index is 0.0187. The van der Waals surface area contributed by atoms with Gasteiger partial charge in [0.1, 0.15) is 31.0 Å². The number of fused-ring (bicyclic) bond motifs is 2. The Labute approximate surface area is 205 Å². The first-order chi connectivity index (χ1) is 16.6. The summed E-state index contributed by atoms with van der Waals surface area (Å²) in [4.78, 5) is 22.6. The van der Waals surface area contributed by atoms with Crippen LogP contribution in [0.25, 0.3) is 0 Å². The molecule has 0 aliphatic carbocycles. The van der Waals surface area contributed by atoms with Gasteiger partial charge in [0.05, 0.1) is 19.8 Å². The number of carbonyl (C=O) groups excluding carboxylic acids is 2. The summed E-state index contributed by atoms with van der Waals surface area (Å²) >= 11 is 0. The van der Waals surface area contributed by atoms with Gasteiger partial charge in [0, 0.05) is 19.3 Å². The van der Waals surface area contributed by atoms with Crippen molar-refractivity contribution in [2.75, 3.05) is 19.8 Å². The van der Waals surface area contributed by atoms with Crippen LogP contribution >= 0.6 is 0 Å². The van der Waals surface area contributed by atoms with Gasteiger partial charge in [-0.2, -0.15) is 0 Å². The molecule has 4 rings (SSSR count). The summed E-state index contributed by atoms with van der Waals surface area (Å²) < 4.78 is 47.2. The SMILES string of the molecule is CC(=O)OCC(COC[C@H]1O[C@@H]2OC3(C(C)(C)C)O[C@@H]2[C@@H](OCc2ccccc2)[C@@H]1O3)OC(C)=O. The Balaban J connectivity index is 1.43. The predicted octanol–water partition coefficient (Wildman–Crippen LogP) is 2.32. The van der Waals surface area contributed by atoms with Crippen LogP contribution in [0.1, 0.15) is 40.2 Å². The molecular weight excluding hydrogens is 460 g/mol. The maximum Gasteiger partial charge on any atom is 0.303 e. The Morgan fingerprint density at radius 2 is 1.71 bits per heavy atom. The molecule has 10 heteroatoms. The van der Waals surface area contributed by atoms with Crippen LogP contribution < -0.4 is 0 Å². The molecule has 0 N–H and O–H groups in total. The van der Waals surface area contributed by atoms with Crippen LogP contribution in [-0.2, 0) is 54.1 Å². The summed E-state index contributed by atoms with van der Waals surface area (Å²) in [6.07, 6.45) is -3.35. The highest BCUT2D eigenvalue weighted by Crippen LogP contribution is 2.53. The first-order valence-corrected chi connectivity index (χ1v) is 11.8. The van der Waals surface area contributed by atoms with Crippen molar-refractivity contribution in [1.82, 2.24) is 0 Å². The van der Waals surface area contributed by atoms with Gasteiger partial charge in [-0.1, -0.05) is 51.1 Å². The third-order valence-electron chi connectivity index (χ3n) is 6.04. The van der Waals surface area contributed by atoms with E-state index in [-0.39, 0.29) is 19.8 Å². The zero-order chi connectivity index (χ0) is 25.2. The van der Waals surface area contributed by atoms with E-state index in [0.29, 0.717) is 6.61 Å². The van der Waals surface area contributed by atoms with Crippen LogP contribution in [0.15, 0.2) is 30.3 Å². The number of hydrogen-bond acceptors (Lipinski definition) is 10. The Hall–Kier alpha value is -2.08. The molecule has 194 valence electrons. The topological polar surface area (TPSA) is 108 Å². The molecule has 10 nitrogen and oxygen atoms in total. The van der Waals surface area contributed by atoms with Crippen molar-refractivity contribution in [3.05, 3.63) is 35.9 Å². The van der Waals surface area contributed by atoms with Crippen molar-refractivity contribution >= 4 is 11.9 Å². The molecule has 2 unspecified atom stereocenters. The highest BCUT2D eigenvalue weighted by molar-refractivity contribution is 5.67. The van der Waals surface area contributed by atoms with Crippen LogP contribution in [0.3, 0.4) is 0 Å². The monoisotopic (exact) mass is 494 g/mol. The van der Waals surface area contributed by atoms with Gasteiger partial charge in [-0.05, 0) is 5.56 Å². The predicted molar refractivity (Wildman–Crippen MR) is 120 cm³/mol. The molecule has 35 heavy (non-hydrogen) atoms. The molecule has 0 radical (unpaired) electrons. The average Bonchev–Trinajstić information content (AvgIpc) is 3.01. The van der Waals surface area contributed by atoms with Gasteiger partial charge in [0.15, 0.2) is 12.4 Å². The van der Waals surface area contributed by atoms with Gasteiger partial charge < -0.3 is 33.2 Å². The summed E-state index contributed by atoms with van der Waals surface area (Å²) in [6.45, 7) is 8.92. The molecule has 3 bridgehead atoms. The summed E-state index contributed by atoms with van der Waals surface area (Å²) in [5.41, 5.74) is 0.546. The van der Waals surface area contributed by atoms with Crippen molar-refractivity contribution in [3.8, 4) is 0 Å². The lowest BCUT2D eigenvalue weighted by Crippen LogP contribution is -2.64. The highest BCUT2D eigenvalue weighted by Gasteiger charge is 2.69. The largest absolute Gasteiger partial charge is 0.462 e. The van der Waals surface area contributed by atoms with E-state index in [9.17, 15) is 9.59 Å². The standard InChI is InChI=1S/C25H34O10/c1-15(26)29-13-18(31-16(2)27)12-28-14-19-20-21(30-11-17-9-7-6-8-10-17)22-23(32-19)35-25(33-20,34-22)24(3,4)5/h6-10,18-23H,11-14H2,1-5H3/t18?,19-,20-,21+,22-,23-,25?/m1/s1. The van der Waals surface area contributed by atoms with Crippen molar-refractivity contribution < 1.29 is 47.5 Å². The van der Waals surface area contributed by atoms with E-state index in [1.54, 1.807) is 0 Å². The smallest absolute Gasteiger partial charge is 0.303 e. The number of hydrogen-bond donors (Lipinski definition) is 0. The van der Waals surface area contributed by atoms with Gasteiger partial charge in [-0.25, -0.2) is 0 Å². The minimum Gasteiger partial charge on any atom is -0.462 e. The fraction of sp³-hybridized carbons (Fsp3) is 0.680. The fourth-order valence-electron chi connectivity index (χ4n) is 4.33. The molecule has 0 amide bonds. The lowest BCUT2D eigenvalue weighted by Gasteiger charge is -2.48. The number of carbonyl (C=O) groups is 2. The van der Waals surface area contributed by atoms with Gasteiger partial charge in [-0.3, -0.25) is 14.3 Å². The van der Waals surface area contributed by atoms with Crippen LogP contribution in [0.4, 0.5) is 0 Å². The fourth-order valence-corrected chi connectivity index (χ4v) is 4.33. The quantitative estimate of drug-likeness (QED) is 0.450. The van der Waals surface area contributed by atoms with E-state index in [2.05, 4.69) is 0 Å². The minimum atomic E-state index is -1.26. The molecular formula is C25H34O10. The molecule has 1 aromatic rings. The maximum atomic E-state index is 11.4. The molecule has 3 heterocycles. The number of esters is 2. The Morgan fingerprint density at radius 3 is 2.37 bits per heavy atom. The van der Waals surface area contributed by atoms with Crippen LogP contribution in [0.5, 0.6) is 0 Å². The summed E-state index contributed by atoms with van der Waals surface area (Å²) in [6, 6.07) is 9.84. The average molecular weight is 495 g/mol. The lowest BCUT2D eigenvalue weighted by atomic mass is 9.91. The molecule has 0 aromatic heterocycles. The maximum absolute atomic E-state index is 11.4. The molecule has 3 saturated heterocycles. The molecule has 3 fully saturated rings. The van der Waals surface area contributed by atoms with Crippen LogP contribution in [0.2, 0.25) is 0 Å². The van der Waals surface area contributed by atoms with E-state index in [4.69, 9.17) is 37.9 Å². The first-order valence-electron chi connectivity index (χ1n) is 11.8. The molecule has 0 spiro atoms. The van der Waals surface area contributed by atoms with Crippen molar-refractivity contribution in [2.24, 2.45) is 5.41 Å². The number of benzene rings is 1. The molecule has 3 aliphatic heterocycles. The van der Waals surface area contributed by atoms with Crippen molar-refractivity contribution in [2.45, 2.75) is 84.0 Å². The van der Waals surface area contributed by atoms with Crippen molar-refractivity contribution in [1.29, 1.82) is 0 Å². The lowest BCUT2D eigenvalue weighted by molar-refractivity contribution is -0.430. The van der Waals surface area contributed by atoms with Gasteiger partial charge >= 0.3 is 11.9 Å². The zero-order valence-electron chi connectivity index (χ0n) is 20.8. The van der Waals surface area contributed by atoms with E-state index >= 15 is 0 Å². The second kappa shape index (κ2) is 10.5. The Morgan fingerprint density at radius 1 is 1.00 bits per heavy atom. The second-order valence-electron chi connectivity index (χ2n) is 9.96. The third-order valence-corrected chi connectivity index (χ3v) is 6.04.